The number of aromatic nitrogens is 1. The van der Waals surface area contributed by atoms with Gasteiger partial charge in [0.25, 0.3) is 0 Å². The first kappa shape index (κ1) is 15.9. The van der Waals surface area contributed by atoms with Gasteiger partial charge in [-0.05, 0) is 50.8 Å². The number of pyridine rings is 1. The van der Waals surface area contributed by atoms with E-state index in [1.807, 2.05) is 25.1 Å². The van der Waals surface area contributed by atoms with Crippen molar-refractivity contribution in [3.8, 4) is 0 Å². The van der Waals surface area contributed by atoms with Gasteiger partial charge in [0.15, 0.2) is 0 Å². The first-order valence-electron chi connectivity index (χ1n) is 9.24. The zero-order valence-electron chi connectivity index (χ0n) is 14.5. The Morgan fingerprint density at radius 1 is 1.42 bits per heavy atom. The average Bonchev–Trinajstić information content (AvgIpc) is 3.09. The van der Waals surface area contributed by atoms with E-state index >= 15 is 0 Å². The Morgan fingerprint density at radius 3 is 3.00 bits per heavy atom. The minimum Gasteiger partial charge on any atom is -0.461 e. The third-order valence-electron chi connectivity index (χ3n) is 5.93. The van der Waals surface area contributed by atoms with E-state index in [0.717, 1.165) is 57.0 Å². The highest BCUT2D eigenvalue weighted by atomic mass is 16.6. The summed E-state index contributed by atoms with van der Waals surface area (Å²) in [6.07, 6.45) is 5.52. The summed E-state index contributed by atoms with van der Waals surface area (Å²) in [5, 5.41) is 3.46. The van der Waals surface area contributed by atoms with Crippen molar-refractivity contribution in [2.24, 2.45) is 11.3 Å². The maximum absolute atomic E-state index is 12.1. The highest BCUT2D eigenvalue weighted by Crippen LogP contribution is 2.50. The standard InChI is InChI=1S/C19H27N3O2/c1-14-4-2-5-17(21-14)20-11-15-6-9-22(12-15)13-16-10-19(7-3-8-19)18(23)24-16/h2,4-5,15-16H,3,6-13H2,1H3,(H,20,21). The number of esters is 1. The van der Waals surface area contributed by atoms with Gasteiger partial charge in [0, 0.05) is 31.7 Å². The molecule has 4 rings (SSSR count). The Morgan fingerprint density at radius 2 is 2.29 bits per heavy atom. The van der Waals surface area contributed by atoms with Crippen LogP contribution >= 0.6 is 0 Å². The molecule has 2 saturated heterocycles. The molecule has 3 heterocycles. The Hall–Kier alpha value is -1.62. The Kier molecular flexibility index (Phi) is 4.21. The molecule has 1 aromatic rings. The summed E-state index contributed by atoms with van der Waals surface area (Å²) in [4.78, 5) is 19.0. The van der Waals surface area contributed by atoms with Crippen LogP contribution in [0.15, 0.2) is 18.2 Å². The SMILES string of the molecule is Cc1cccc(NCC2CCN(CC3CC4(CCC4)C(=O)O3)C2)n1. The molecule has 2 aliphatic heterocycles. The molecule has 2 atom stereocenters. The molecule has 3 fully saturated rings. The molecule has 2 unspecified atom stereocenters. The van der Waals surface area contributed by atoms with E-state index in [1.54, 1.807) is 0 Å². The zero-order valence-corrected chi connectivity index (χ0v) is 14.5. The predicted molar refractivity (Wildman–Crippen MR) is 92.8 cm³/mol. The monoisotopic (exact) mass is 329 g/mol. The number of rotatable bonds is 5. The molecule has 5 nitrogen and oxygen atoms in total. The van der Waals surface area contributed by atoms with Crippen LogP contribution in [0.3, 0.4) is 0 Å². The first-order chi connectivity index (χ1) is 11.6. The first-order valence-corrected chi connectivity index (χ1v) is 9.24. The zero-order chi connectivity index (χ0) is 16.6. The van der Waals surface area contributed by atoms with Gasteiger partial charge in [-0.15, -0.1) is 0 Å². The molecule has 1 spiro atoms. The molecule has 0 aromatic carbocycles. The summed E-state index contributed by atoms with van der Waals surface area (Å²) >= 11 is 0. The van der Waals surface area contributed by atoms with Crippen LogP contribution in [0.1, 0.15) is 37.8 Å². The second-order valence-corrected chi connectivity index (χ2v) is 7.82. The van der Waals surface area contributed by atoms with E-state index in [2.05, 4.69) is 15.2 Å². The number of hydrogen-bond donors (Lipinski definition) is 1. The van der Waals surface area contributed by atoms with Crippen molar-refractivity contribution in [2.75, 3.05) is 31.5 Å². The van der Waals surface area contributed by atoms with Gasteiger partial charge in [0.1, 0.15) is 11.9 Å². The smallest absolute Gasteiger partial charge is 0.312 e. The number of nitrogens with one attached hydrogen (secondary N) is 1. The second-order valence-electron chi connectivity index (χ2n) is 7.82. The fourth-order valence-electron chi connectivity index (χ4n) is 4.37. The van der Waals surface area contributed by atoms with Crippen molar-refractivity contribution < 1.29 is 9.53 Å². The quantitative estimate of drug-likeness (QED) is 0.842. The van der Waals surface area contributed by atoms with Crippen molar-refractivity contribution in [1.29, 1.82) is 0 Å². The van der Waals surface area contributed by atoms with Crippen LogP contribution in [0, 0.1) is 18.3 Å². The Bertz CT molecular complexity index is 614. The molecule has 1 aliphatic carbocycles. The van der Waals surface area contributed by atoms with Crippen LogP contribution < -0.4 is 5.32 Å². The normalized spacial score (nSPS) is 28.8. The van der Waals surface area contributed by atoms with E-state index in [-0.39, 0.29) is 17.5 Å². The van der Waals surface area contributed by atoms with Crippen LogP contribution in [-0.2, 0) is 9.53 Å². The third-order valence-corrected chi connectivity index (χ3v) is 5.93. The number of carbonyl (C=O) groups is 1. The topological polar surface area (TPSA) is 54.5 Å². The van der Waals surface area contributed by atoms with Gasteiger partial charge in [-0.3, -0.25) is 9.69 Å². The molecule has 3 aliphatic rings. The summed E-state index contributed by atoms with van der Waals surface area (Å²) in [6.45, 7) is 6.07. The minimum atomic E-state index is -0.0951. The van der Waals surface area contributed by atoms with E-state index in [9.17, 15) is 4.79 Å². The van der Waals surface area contributed by atoms with Gasteiger partial charge in [0.2, 0.25) is 0 Å². The van der Waals surface area contributed by atoms with Crippen LogP contribution in [0.4, 0.5) is 5.82 Å². The number of carbonyl (C=O) groups excluding carboxylic acids is 1. The number of cyclic esters (lactones) is 1. The molecular formula is C19H27N3O2. The minimum absolute atomic E-state index is 0.0710. The maximum Gasteiger partial charge on any atom is 0.312 e. The Balaban J connectivity index is 1.23. The van der Waals surface area contributed by atoms with Crippen molar-refractivity contribution in [3.63, 3.8) is 0 Å². The number of anilines is 1. The molecule has 1 aromatic heterocycles. The van der Waals surface area contributed by atoms with Crippen molar-refractivity contribution in [3.05, 3.63) is 23.9 Å². The van der Waals surface area contributed by atoms with E-state index in [4.69, 9.17) is 4.74 Å². The largest absolute Gasteiger partial charge is 0.461 e. The number of nitrogens with zero attached hydrogens (tertiary/aromatic N) is 2. The number of likely N-dealkylation sites (tertiary alicyclic amines) is 1. The van der Waals surface area contributed by atoms with E-state index in [0.29, 0.717) is 5.92 Å². The summed E-state index contributed by atoms with van der Waals surface area (Å²) in [5.74, 6) is 1.67. The van der Waals surface area contributed by atoms with Crippen LogP contribution in [-0.4, -0.2) is 48.1 Å². The lowest BCUT2D eigenvalue weighted by molar-refractivity contribution is -0.152. The highest BCUT2D eigenvalue weighted by molar-refractivity contribution is 5.80. The third kappa shape index (κ3) is 3.14. The average molecular weight is 329 g/mol. The molecular weight excluding hydrogens is 302 g/mol. The second kappa shape index (κ2) is 6.36. The lowest BCUT2D eigenvalue weighted by atomic mass is 9.67. The number of hydrogen-bond acceptors (Lipinski definition) is 5. The number of aryl methyl sites for hydroxylation is 1. The molecule has 1 saturated carbocycles. The summed E-state index contributed by atoms with van der Waals surface area (Å²) in [5.41, 5.74) is 0.948. The predicted octanol–water partition coefficient (Wildman–Crippen LogP) is 2.61. The van der Waals surface area contributed by atoms with Crippen LogP contribution in [0.25, 0.3) is 0 Å². The lowest BCUT2D eigenvalue weighted by Crippen LogP contribution is -2.34. The fraction of sp³-hybridized carbons (Fsp3) is 0.684. The molecule has 130 valence electrons. The molecule has 0 radical (unpaired) electrons. The van der Waals surface area contributed by atoms with Crippen LogP contribution in [0.5, 0.6) is 0 Å². The fourth-order valence-corrected chi connectivity index (χ4v) is 4.37. The Labute approximate surface area is 143 Å². The molecule has 1 N–H and O–H groups in total. The van der Waals surface area contributed by atoms with Gasteiger partial charge >= 0.3 is 5.97 Å². The summed E-state index contributed by atoms with van der Waals surface area (Å²) in [6, 6.07) is 6.08. The van der Waals surface area contributed by atoms with E-state index < -0.39 is 0 Å². The van der Waals surface area contributed by atoms with Crippen molar-refractivity contribution in [2.45, 2.75) is 45.1 Å². The van der Waals surface area contributed by atoms with E-state index in [1.165, 1.54) is 12.8 Å². The van der Waals surface area contributed by atoms with Gasteiger partial charge in [-0.25, -0.2) is 4.98 Å². The summed E-state index contributed by atoms with van der Waals surface area (Å²) < 4.78 is 5.65. The maximum atomic E-state index is 12.1. The molecule has 0 bridgehead atoms. The highest BCUT2D eigenvalue weighted by Gasteiger charge is 2.53. The number of ether oxygens (including phenoxy) is 1. The van der Waals surface area contributed by atoms with Crippen LogP contribution in [0.2, 0.25) is 0 Å². The molecule has 24 heavy (non-hydrogen) atoms. The van der Waals surface area contributed by atoms with Crippen molar-refractivity contribution in [1.82, 2.24) is 9.88 Å². The van der Waals surface area contributed by atoms with Gasteiger partial charge < -0.3 is 10.1 Å². The lowest BCUT2D eigenvalue weighted by Gasteiger charge is -2.33. The van der Waals surface area contributed by atoms with Crippen molar-refractivity contribution >= 4 is 11.8 Å². The summed E-state index contributed by atoms with van der Waals surface area (Å²) in [7, 11) is 0. The van der Waals surface area contributed by atoms with Gasteiger partial charge in [0.05, 0.1) is 5.41 Å². The van der Waals surface area contributed by atoms with Gasteiger partial charge in [-0.2, -0.15) is 0 Å². The molecule has 5 heteroatoms. The van der Waals surface area contributed by atoms with Gasteiger partial charge in [-0.1, -0.05) is 12.5 Å². The molecule has 0 amide bonds.